The van der Waals surface area contributed by atoms with Gasteiger partial charge in [-0.15, -0.1) is 0 Å². The first-order valence-electron chi connectivity index (χ1n) is 9.34. The van der Waals surface area contributed by atoms with Crippen LogP contribution in [-0.2, 0) is 17.8 Å². The zero-order valence-electron chi connectivity index (χ0n) is 15.7. The molecule has 0 saturated carbocycles. The average molecular weight is 349 g/mol. The lowest BCUT2D eigenvalue weighted by Gasteiger charge is -2.28. The molecule has 0 saturated heterocycles. The second-order valence-corrected chi connectivity index (χ2v) is 7.12. The molecule has 3 rings (SSSR count). The highest BCUT2D eigenvalue weighted by Gasteiger charge is 2.18. The summed E-state index contributed by atoms with van der Waals surface area (Å²) in [4.78, 5) is 14.5. The monoisotopic (exact) mass is 349 g/mol. The number of hydrogen-bond donors (Lipinski definition) is 0. The topological polar surface area (TPSA) is 29.5 Å². The Morgan fingerprint density at radius 1 is 1.04 bits per heavy atom. The lowest BCUT2D eigenvalue weighted by molar-refractivity contribution is -0.130. The predicted octanol–water partition coefficient (Wildman–Crippen LogP) is 4.62. The van der Waals surface area contributed by atoms with E-state index in [2.05, 4.69) is 19.9 Å². The van der Waals surface area contributed by atoms with Crippen molar-refractivity contribution in [3.05, 3.63) is 77.4 Å². The maximum absolute atomic E-state index is 12.5. The fourth-order valence-electron chi connectivity index (χ4n) is 3.16. The number of hydrogen-bond acceptors (Lipinski definition) is 2. The summed E-state index contributed by atoms with van der Waals surface area (Å²) < 4.78 is 5.76. The molecule has 0 atom stereocenters. The summed E-state index contributed by atoms with van der Waals surface area (Å²) in [5, 5.41) is 0. The van der Waals surface area contributed by atoms with E-state index >= 15 is 0 Å². The zero-order chi connectivity index (χ0) is 18.4. The molecule has 3 heteroatoms. The second-order valence-electron chi connectivity index (χ2n) is 7.12. The van der Waals surface area contributed by atoms with E-state index in [1.807, 2.05) is 59.5 Å². The van der Waals surface area contributed by atoms with Crippen molar-refractivity contribution in [2.24, 2.45) is 5.92 Å². The molecule has 0 aromatic heterocycles. The third-order valence-electron chi connectivity index (χ3n) is 4.87. The second kappa shape index (κ2) is 8.70. The van der Waals surface area contributed by atoms with Gasteiger partial charge in [0.25, 0.3) is 0 Å². The van der Waals surface area contributed by atoms with Crippen LogP contribution < -0.4 is 4.74 Å². The van der Waals surface area contributed by atoms with Gasteiger partial charge in [-0.3, -0.25) is 4.79 Å². The van der Waals surface area contributed by atoms with E-state index in [-0.39, 0.29) is 5.91 Å². The van der Waals surface area contributed by atoms with Crippen molar-refractivity contribution in [3.63, 3.8) is 0 Å². The third kappa shape index (κ3) is 4.98. The SMILES string of the molecule is CC(C)C1=CCN(C(=O)Cc2ccc(COc3ccccc3)cc2)CC1. The molecule has 1 heterocycles. The summed E-state index contributed by atoms with van der Waals surface area (Å²) in [5.41, 5.74) is 3.63. The minimum absolute atomic E-state index is 0.206. The maximum Gasteiger partial charge on any atom is 0.227 e. The summed E-state index contributed by atoms with van der Waals surface area (Å²) in [6.07, 6.45) is 3.68. The normalized spacial score (nSPS) is 14.3. The number of carbonyl (C=O) groups excluding carboxylic acids is 1. The molecule has 0 aliphatic carbocycles. The van der Waals surface area contributed by atoms with E-state index in [0.29, 0.717) is 18.9 Å². The Morgan fingerprint density at radius 3 is 2.35 bits per heavy atom. The van der Waals surface area contributed by atoms with Crippen molar-refractivity contribution in [2.75, 3.05) is 13.1 Å². The van der Waals surface area contributed by atoms with Crippen LogP contribution in [0, 0.1) is 5.92 Å². The van der Waals surface area contributed by atoms with Crippen LogP contribution in [0.5, 0.6) is 5.75 Å². The van der Waals surface area contributed by atoms with Gasteiger partial charge < -0.3 is 9.64 Å². The Hall–Kier alpha value is -2.55. The lowest BCUT2D eigenvalue weighted by atomic mass is 9.96. The fraction of sp³-hybridized carbons (Fsp3) is 0.348. The van der Waals surface area contributed by atoms with Gasteiger partial charge in [-0.1, -0.05) is 68.0 Å². The van der Waals surface area contributed by atoms with Gasteiger partial charge in [-0.2, -0.15) is 0 Å². The molecular formula is C23H27NO2. The number of nitrogens with zero attached hydrogens (tertiary/aromatic N) is 1. The van der Waals surface area contributed by atoms with Crippen LogP contribution >= 0.6 is 0 Å². The van der Waals surface area contributed by atoms with Gasteiger partial charge in [0.05, 0.1) is 6.42 Å². The molecule has 1 amide bonds. The molecule has 3 nitrogen and oxygen atoms in total. The number of ether oxygens (including phenoxy) is 1. The Labute approximate surface area is 156 Å². The van der Waals surface area contributed by atoms with Crippen LogP contribution in [0.1, 0.15) is 31.4 Å². The highest BCUT2D eigenvalue weighted by molar-refractivity contribution is 5.79. The van der Waals surface area contributed by atoms with Crippen molar-refractivity contribution < 1.29 is 9.53 Å². The Morgan fingerprint density at radius 2 is 1.73 bits per heavy atom. The highest BCUT2D eigenvalue weighted by Crippen LogP contribution is 2.19. The van der Waals surface area contributed by atoms with Crippen molar-refractivity contribution in [1.29, 1.82) is 0 Å². The molecule has 0 N–H and O–H groups in total. The molecule has 1 aliphatic rings. The van der Waals surface area contributed by atoms with E-state index in [0.717, 1.165) is 36.4 Å². The van der Waals surface area contributed by atoms with Crippen molar-refractivity contribution in [2.45, 2.75) is 33.3 Å². The summed E-state index contributed by atoms with van der Waals surface area (Å²) >= 11 is 0. The zero-order valence-corrected chi connectivity index (χ0v) is 15.7. The quantitative estimate of drug-likeness (QED) is 0.712. The molecule has 26 heavy (non-hydrogen) atoms. The molecule has 0 unspecified atom stereocenters. The largest absolute Gasteiger partial charge is 0.489 e. The fourth-order valence-corrected chi connectivity index (χ4v) is 3.16. The van der Waals surface area contributed by atoms with Crippen LogP contribution in [0.3, 0.4) is 0 Å². The van der Waals surface area contributed by atoms with E-state index in [1.54, 1.807) is 0 Å². The lowest BCUT2D eigenvalue weighted by Crippen LogP contribution is -2.36. The summed E-state index contributed by atoms with van der Waals surface area (Å²) in [5.74, 6) is 1.65. The van der Waals surface area contributed by atoms with E-state index in [4.69, 9.17) is 4.74 Å². The summed E-state index contributed by atoms with van der Waals surface area (Å²) in [7, 11) is 0. The molecule has 0 radical (unpaired) electrons. The summed E-state index contributed by atoms with van der Waals surface area (Å²) in [6.45, 7) is 6.55. The molecule has 2 aromatic carbocycles. The molecule has 136 valence electrons. The van der Waals surface area contributed by atoms with Gasteiger partial charge in [0.1, 0.15) is 12.4 Å². The van der Waals surface area contributed by atoms with E-state index < -0.39 is 0 Å². The van der Waals surface area contributed by atoms with Gasteiger partial charge in [-0.25, -0.2) is 0 Å². The van der Waals surface area contributed by atoms with Crippen LogP contribution in [0.4, 0.5) is 0 Å². The number of rotatable bonds is 6. The van der Waals surface area contributed by atoms with Gasteiger partial charge in [-0.05, 0) is 35.6 Å². The predicted molar refractivity (Wildman–Crippen MR) is 105 cm³/mol. The van der Waals surface area contributed by atoms with Gasteiger partial charge >= 0.3 is 0 Å². The number of benzene rings is 2. The highest BCUT2D eigenvalue weighted by atomic mass is 16.5. The van der Waals surface area contributed by atoms with E-state index in [9.17, 15) is 4.79 Å². The molecular weight excluding hydrogens is 322 g/mol. The molecule has 0 fully saturated rings. The number of carbonyl (C=O) groups is 1. The first kappa shape index (κ1) is 18.2. The van der Waals surface area contributed by atoms with Crippen LogP contribution in [0.15, 0.2) is 66.2 Å². The summed E-state index contributed by atoms with van der Waals surface area (Å²) in [6, 6.07) is 17.9. The van der Waals surface area contributed by atoms with Crippen molar-refractivity contribution in [3.8, 4) is 5.75 Å². The first-order valence-corrected chi connectivity index (χ1v) is 9.34. The van der Waals surface area contributed by atoms with Crippen LogP contribution in [0.25, 0.3) is 0 Å². The van der Waals surface area contributed by atoms with Gasteiger partial charge in [0, 0.05) is 13.1 Å². The molecule has 0 spiro atoms. The van der Waals surface area contributed by atoms with Crippen LogP contribution in [0.2, 0.25) is 0 Å². The van der Waals surface area contributed by atoms with Crippen LogP contribution in [-0.4, -0.2) is 23.9 Å². The number of para-hydroxylation sites is 1. The molecule has 0 bridgehead atoms. The minimum atomic E-state index is 0.206. The maximum atomic E-state index is 12.5. The standard InChI is InChI=1S/C23H27NO2/c1-18(2)21-12-14-24(15-13-21)23(25)16-19-8-10-20(11-9-19)17-26-22-6-4-3-5-7-22/h3-12,18H,13-17H2,1-2H3. The average Bonchev–Trinajstić information content (AvgIpc) is 2.68. The third-order valence-corrected chi connectivity index (χ3v) is 4.87. The Balaban J connectivity index is 1.50. The Kier molecular flexibility index (Phi) is 6.11. The molecule has 1 aliphatic heterocycles. The van der Waals surface area contributed by atoms with Crippen molar-refractivity contribution in [1.82, 2.24) is 4.90 Å². The van der Waals surface area contributed by atoms with Gasteiger partial charge in [0.2, 0.25) is 5.91 Å². The molecule has 2 aromatic rings. The minimum Gasteiger partial charge on any atom is -0.489 e. The van der Waals surface area contributed by atoms with Gasteiger partial charge in [0.15, 0.2) is 0 Å². The smallest absolute Gasteiger partial charge is 0.227 e. The Bertz CT molecular complexity index is 748. The van der Waals surface area contributed by atoms with E-state index in [1.165, 1.54) is 5.57 Å². The van der Waals surface area contributed by atoms with Crippen molar-refractivity contribution >= 4 is 5.91 Å². The number of amides is 1. The first-order chi connectivity index (χ1) is 12.6.